The molecule has 4 rings (SSSR count). The van der Waals surface area contributed by atoms with Gasteiger partial charge >= 0.3 is 0 Å². The minimum Gasteiger partial charge on any atom is -0.293 e. The first-order chi connectivity index (χ1) is 13.3. The Morgan fingerprint density at radius 3 is 2.86 bits per heavy atom. The molecule has 3 aromatic heterocycles. The fraction of sp³-hybridized carbons (Fsp3) is 0.476. The van der Waals surface area contributed by atoms with E-state index in [1.54, 1.807) is 4.52 Å². The average molecular weight is 380 g/mol. The smallest absolute Gasteiger partial charge is 0.276 e. The van der Waals surface area contributed by atoms with Crippen molar-refractivity contribution in [3.05, 3.63) is 63.5 Å². The molecule has 28 heavy (non-hydrogen) atoms. The molecule has 0 spiro atoms. The van der Waals surface area contributed by atoms with Crippen LogP contribution >= 0.6 is 0 Å². The predicted molar refractivity (Wildman–Crippen MR) is 109 cm³/mol. The van der Waals surface area contributed by atoms with Crippen molar-refractivity contribution in [2.24, 2.45) is 0 Å². The Labute approximate surface area is 164 Å². The molecule has 0 aliphatic carbocycles. The van der Waals surface area contributed by atoms with Gasteiger partial charge in [0.15, 0.2) is 5.65 Å². The highest BCUT2D eigenvalue weighted by atomic mass is 16.1. The van der Waals surface area contributed by atoms with Crippen molar-refractivity contribution in [2.75, 3.05) is 6.54 Å². The van der Waals surface area contributed by atoms with Crippen LogP contribution in [-0.2, 0) is 31.5 Å². The largest absolute Gasteiger partial charge is 0.293 e. The normalized spacial score (nSPS) is 15.1. The molecule has 0 aromatic carbocycles. The summed E-state index contributed by atoms with van der Waals surface area (Å²) >= 11 is 0. The zero-order chi connectivity index (χ0) is 20.1. The summed E-state index contributed by atoms with van der Waals surface area (Å²) in [5, 5.41) is 7.77. The third-order valence-electron chi connectivity index (χ3n) is 5.41. The zero-order valence-corrected chi connectivity index (χ0v) is 17.1. The molecule has 0 unspecified atom stereocenters. The van der Waals surface area contributed by atoms with E-state index < -0.39 is 0 Å². The molecule has 4 heterocycles. The zero-order valence-electron chi connectivity index (χ0n) is 17.1. The minimum atomic E-state index is -0.0597. The summed E-state index contributed by atoms with van der Waals surface area (Å²) in [4.78, 5) is 20.1. The van der Waals surface area contributed by atoms with E-state index in [2.05, 4.69) is 48.6 Å². The minimum absolute atomic E-state index is 0.0325. The second-order valence-corrected chi connectivity index (χ2v) is 8.67. The number of allylic oxidation sites excluding steroid dienone is 1. The number of rotatable bonds is 4. The molecule has 1 aliphatic heterocycles. The molecule has 3 aromatic rings. The average Bonchev–Trinajstić information content (AvgIpc) is 3.19. The van der Waals surface area contributed by atoms with Gasteiger partial charge in [-0.25, -0.2) is 9.50 Å². The van der Waals surface area contributed by atoms with E-state index >= 15 is 0 Å². The van der Waals surface area contributed by atoms with E-state index in [4.69, 9.17) is 4.98 Å². The highest BCUT2D eigenvalue weighted by molar-refractivity contribution is 5.43. The lowest BCUT2D eigenvalue weighted by Crippen LogP contribution is -2.36. The van der Waals surface area contributed by atoms with Crippen molar-refractivity contribution in [1.82, 2.24) is 29.3 Å². The first kappa shape index (κ1) is 18.7. The summed E-state index contributed by atoms with van der Waals surface area (Å²) in [6.45, 7) is 15.2. The number of nitrogens with zero attached hydrogens (tertiary/aromatic N) is 5. The molecule has 0 atom stereocenters. The van der Waals surface area contributed by atoms with E-state index in [1.165, 1.54) is 5.56 Å². The summed E-state index contributed by atoms with van der Waals surface area (Å²) in [7, 11) is 0. The van der Waals surface area contributed by atoms with Crippen molar-refractivity contribution in [2.45, 2.75) is 59.2 Å². The van der Waals surface area contributed by atoms with Gasteiger partial charge in [-0.1, -0.05) is 26.8 Å². The number of hydrogen-bond acceptors (Lipinski definition) is 4. The SMILES string of the molecule is C=CCn1cc(CN2CCc3c(nc4cc(C(C)(C)C)[nH]n4c3=O)C2)c(C)n1. The molecule has 0 fully saturated rings. The number of aromatic amines is 1. The van der Waals surface area contributed by atoms with E-state index in [9.17, 15) is 4.79 Å². The van der Waals surface area contributed by atoms with Gasteiger partial charge in [0.2, 0.25) is 0 Å². The van der Waals surface area contributed by atoms with Crippen molar-refractivity contribution >= 4 is 5.65 Å². The molecule has 0 saturated carbocycles. The summed E-state index contributed by atoms with van der Waals surface area (Å²) in [6.07, 6.45) is 4.65. The molecule has 7 nitrogen and oxygen atoms in total. The molecule has 0 amide bonds. The van der Waals surface area contributed by atoms with Crippen molar-refractivity contribution in [3.8, 4) is 0 Å². The molecule has 0 radical (unpaired) electrons. The fourth-order valence-corrected chi connectivity index (χ4v) is 3.75. The molecule has 0 saturated heterocycles. The predicted octanol–water partition coefficient (Wildman–Crippen LogP) is 2.57. The second kappa shape index (κ2) is 6.74. The van der Waals surface area contributed by atoms with Crippen LogP contribution in [0.25, 0.3) is 5.65 Å². The Kier molecular flexibility index (Phi) is 4.50. The fourth-order valence-electron chi connectivity index (χ4n) is 3.75. The van der Waals surface area contributed by atoms with Crippen LogP contribution in [-0.4, -0.2) is 35.8 Å². The number of nitrogens with one attached hydrogen (secondary N) is 1. The lowest BCUT2D eigenvalue weighted by Gasteiger charge is -2.27. The molecule has 1 N–H and O–H groups in total. The highest BCUT2D eigenvalue weighted by Gasteiger charge is 2.24. The maximum Gasteiger partial charge on any atom is 0.276 e. The van der Waals surface area contributed by atoms with Crippen LogP contribution in [0.15, 0.2) is 29.7 Å². The number of H-pyrrole nitrogens is 1. The number of fused-ring (bicyclic) bond motifs is 2. The van der Waals surface area contributed by atoms with Crippen LogP contribution in [0.5, 0.6) is 0 Å². The van der Waals surface area contributed by atoms with E-state index in [-0.39, 0.29) is 11.0 Å². The standard InChI is InChI=1S/C21H28N6O/c1-6-8-26-12-15(14(2)23-26)11-25-9-7-16-17(13-25)22-19-10-18(21(3,4)5)24-27(19)20(16)28/h6,10,12,24H,1,7-9,11,13H2,2-5H3. The summed E-state index contributed by atoms with van der Waals surface area (Å²) in [5.41, 5.74) is 5.66. The van der Waals surface area contributed by atoms with Crippen LogP contribution in [0, 0.1) is 6.92 Å². The number of hydrogen-bond donors (Lipinski definition) is 1. The molecular formula is C21H28N6O. The molecular weight excluding hydrogens is 352 g/mol. The third kappa shape index (κ3) is 3.30. The van der Waals surface area contributed by atoms with Gasteiger partial charge in [0.1, 0.15) is 0 Å². The van der Waals surface area contributed by atoms with Crippen LogP contribution in [0.3, 0.4) is 0 Å². The summed E-state index contributed by atoms with van der Waals surface area (Å²) < 4.78 is 3.51. The van der Waals surface area contributed by atoms with Crippen molar-refractivity contribution < 1.29 is 0 Å². The van der Waals surface area contributed by atoms with Gasteiger partial charge in [-0.2, -0.15) is 5.10 Å². The van der Waals surface area contributed by atoms with Crippen LogP contribution in [0.4, 0.5) is 0 Å². The number of aryl methyl sites for hydroxylation is 1. The first-order valence-electron chi connectivity index (χ1n) is 9.76. The topological polar surface area (TPSA) is 71.2 Å². The van der Waals surface area contributed by atoms with E-state index in [0.717, 1.165) is 35.7 Å². The van der Waals surface area contributed by atoms with Gasteiger partial charge in [-0.15, -0.1) is 6.58 Å². The van der Waals surface area contributed by atoms with Crippen LogP contribution in [0.2, 0.25) is 0 Å². The Bertz CT molecular complexity index is 1090. The molecule has 148 valence electrons. The maximum atomic E-state index is 13.0. The summed E-state index contributed by atoms with van der Waals surface area (Å²) in [6, 6.07) is 1.99. The highest BCUT2D eigenvalue weighted by Crippen LogP contribution is 2.23. The Hall–Kier alpha value is -2.67. The first-order valence-corrected chi connectivity index (χ1v) is 9.76. The van der Waals surface area contributed by atoms with Gasteiger partial charge < -0.3 is 0 Å². The molecule has 1 aliphatic rings. The maximum absolute atomic E-state index is 13.0. The monoisotopic (exact) mass is 380 g/mol. The third-order valence-corrected chi connectivity index (χ3v) is 5.41. The summed E-state index contributed by atoms with van der Waals surface area (Å²) in [5.74, 6) is 0. The quantitative estimate of drug-likeness (QED) is 0.706. The lowest BCUT2D eigenvalue weighted by molar-refractivity contribution is 0.240. The van der Waals surface area contributed by atoms with E-state index in [1.807, 2.05) is 23.7 Å². The Morgan fingerprint density at radius 2 is 2.14 bits per heavy atom. The van der Waals surface area contributed by atoms with Gasteiger partial charge in [0.25, 0.3) is 5.56 Å². The van der Waals surface area contributed by atoms with Crippen LogP contribution < -0.4 is 5.56 Å². The van der Waals surface area contributed by atoms with Gasteiger partial charge in [0, 0.05) is 54.1 Å². The Balaban J connectivity index is 1.62. The lowest BCUT2D eigenvalue weighted by atomic mass is 9.93. The van der Waals surface area contributed by atoms with E-state index in [0.29, 0.717) is 25.2 Å². The molecule has 7 heteroatoms. The number of aromatic nitrogens is 5. The molecule has 0 bridgehead atoms. The van der Waals surface area contributed by atoms with Gasteiger partial charge in [-0.3, -0.25) is 19.5 Å². The van der Waals surface area contributed by atoms with Gasteiger partial charge in [-0.05, 0) is 13.3 Å². The van der Waals surface area contributed by atoms with Gasteiger partial charge in [0.05, 0.1) is 17.9 Å². The second-order valence-electron chi connectivity index (χ2n) is 8.67. The van der Waals surface area contributed by atoms with Crippen LogP contribution in [0.1, 0.15) is 49.0 Å². The Morgan fingerprint density at radius 1 is 1.36 bits per heavy atom. The van der Waals surface area contributed by atoms with Crippen molar-refractivity contribution in [3.63, 3.8) is 0 Å². The van der Waals surface area contributed by atoms with Crippen molar-refractivity contribution in [1.29, 1.82) is 0 Å².